The van der Waals surface area contributed by atoms with E-state index in [1.54, 1.807) is 0 Å². The smallest absolute Gasteiger partial charge is 0.335 e. The number of aromatic carboxylic acids is 2. The number of hydrogen-bond acceptors (Lipinski definition) is 4. The Kier molecular flexibility index (Phi) is 20.5. The summed E-state index contributed by atoms with van der Waals surface area (Å²) in [4.78, 5) is 20.7. The third-order valence-corrected chi connectivity index (χ3v) is 4.26. The molecule has 0 heterocycles. The van der Waals surface area contributed by atoms with Crippen molar-refractivity contribution in [1.29, 1.82) is 0 Å². The Bertz CT molecular complexity index is 488. The van der Waals surface area contributed by atoms with Crippen LogP contribution in [0.5, 0.6) is 0 Å². The molecule has 0 bridgehead atoms. The van der Waals surface area contributed by atoms with Gasteiger partial charge in [0.15, 0.2) is 0 Å². The maximum absolute atomic E-state index is 10.3. The number of carboxylic acid groups (broad SMARTS) is 2. The van der Waals surface area contributed by atoms with Gasteiger partial charge in [0.1, 0.15) is 0 Å². The van der Waals surface area contributed by atoms with Crippen LogP contribution >= 0.6 is 0 Å². The van der Waals surface area contributed by atoms with Crippen molar-refractivity contribution in [3.8, 4) is 0 Å². The summed E-state index contributed by atoms with van der Waals surface area (Å²) < 4.78 is 0. The van der Waals surface area contributed by atoms with Crippen molar-refractivity contribution in [3.63, 3.8) is 0 Å². The third-order valence-electron chi connectivity index (χ3n) is 4.26. The number of carbonyl (C=O) groups is 2. The lowest BCUT2D eigenvalue weighted by atomic mass is 10.1. The third kappa shape index (κ3) is 20.8. The zero-order valence-corrected chi connectivity index (χ0v) is 19.1. The van der Waals surface area contributed by atoms with E-state index in [-0.39, 0.29) is 11.1 Å². The van der Waals surface area contributed by atoms with Crippen LogP contribution in [0.3, 0.4) is 0 Å². The maximum Gasteiger partial charge on any atom is 0.335 e. The second-order valence-electron chi connectivity index (χ2n) is 8.12. The SMILES string of the molecule is CC(C)CCCCCO.CC(C)CCCCCO.O=C(O)c1ccc(C(=O)O)cc1. The first-order chi connectivity index (χ1) is 14.1. The van der Waals surface area contributed by atoms with Crippen LogP contribution in [0.2, 0.25) is 0 Å². The van der Waals surface area contributed by atoms with Crippen LogP contribution in [0.1, 0.15) is 99.8 Å². The Balaban J connectivity index is 0. The molecular formula is C24H42O6. The Morgan fingerprint density at radius 3 is 1.13 bits per heavy atom. The van der Waals surface area contributed by atoms with E-state index in [1.807, 2.05) is 0 Å². The fourth-order valence-corrected chi connectivity index (χ4v) is 2.44. The molecule has 0 atom stereocenters. The number of unbranched alkanes of at least 4 members (excludes halogenated alkanes) is 4. The lowest BCUT2D eigenvalue weighted by Gasteiger charge is -2.01. The van der Waals surface area contributed by atoms with Gasteiger partial charge in [0.2, 0.25) is 0 Å². The average Bonchev–Trinajstić information content (AvgIpc) is 2.69. The number of aliphatic hydroxyl groups excluding tert-OH is 2. The first-order valence-electron chi connectivity index (χ1n) is 10.9. The summed E-state index contributed by atoms with van der Waals surface area (Å²) in [6.45, 7) is 9.66. The molecule has 0 saturated heterocycles. The van der Waals surface area contributed by atoms with Gasteiger partial charge in [-0.2, -0.15) is 0 Å². The molecule has 6 heteroatoms. The summed E-state index contributed by atoms with van der Waals surface area (Å²) in [5.41, 5.74) is 0.167. The minimum Gasteiger partial charge on any atom is -0.478 e. The average molecular weight is 427 g/mol. The van der Waals surface area contributed by atoms with Gasteiger partial charge in [-0.1, -0.05) is 66.2 Å². The van der Waals surface area contributed by atoms with Gasteiger partial charge in [-0.3, -0.25) is 0 Å². The molecule has 0 amide bonds. The van der Waals surface area contributed by atoms with E-state index in [2.05, 4.69) is 27.7 Å². The lowest BCUT2D eigenvalue weighted by molar-refractivity contribution is 0.0681. The van der Waals surface area contributed by atoms with Gasteiger partial charge >= 0.3 is 11.9 Å². The summed E-state index contributed by atoms with van der Waals surface area (Å²) in [6, 6.07) is 5.02. The highest BCUT2D eigenvalue weighted by Crippen LogP contribution is 2.08. The van der Waals surface area contributed by atoms with Crippen molar-refractivity contribution in [1.82, 2.24) is 0 Å². The number of aliphatic hydroxyl groups is 2. The molecule has 0 unspecified atom stereocenters. The van der Waals surface area contributed by atoms with Crippen LogP contribution in [-0.4, -0.2) is 45.6 Å². The summed E-state index contributed by atoms with van der Waals surface area (Å²) in [6.07, 6.45) is 9.50. The number of rotatable bonds is 12. The van der Waals surface area contributed by atoms with Crippen molar-refractivity contribution in [2.45, 2.75) is 79.1 Å². The first-order valence-corrected chi connectivity index (χ1v) is 10.9. The summed E-state index contributed by atoms with van der Waals surface area (Å²) in [5.74, 6) is -0.480. The number of carboxylic acids is 2. The van der Waals surface area contributed by atoms with E-state index < -0.39 is 11.9 Å². The van der Waals surface area contributed by atoms with Gasteiger partial charge in [0.25, 0.3) is 0 Å². The van der Waals surface area contributed by atoms with E-state index >= 15 is 0 Å². The maximum atomic E-state index is 10.3. The summed E-state index contributed by atoms with van der Waals surface area (Å²) in [5, 5.41) is 33.8. The monoisotopic (exact) mass is 426 g/mol. The molecule has 1 rings (SSSR count). The van der Waals surface area contributed by atoms with Crippen molar-refractivity contribution >= 4 is 11.9 Å². The quantitative estimate of drug-likeness (QED) is 0.329. The minimum absolute atomic E-state index is 0.0833. The second-order valence-corrected chi connectivity index (χ2v) is 8.12. The predicted octanol–water partition coefficient (Wildman–Crippen LogP) is 5.47. The molecule has 0 saturated carbocycles. The Morgan fingerprint density at radius 1 is 0.633 bits per heavy atom. The minimum atomic E-state index is -1.06. The fraction of sp³-hybridized carbons (Fsp3) is 0.667. The topological polar surface area (TPSA) is 115 Å². The largest absolute Gasteiger partial charge is 0.478 e. The molecule has 30 heavy (non-hydrogen) atoms. The van der Waals surface area contributed by atoms with Crippen LogP contribution in [0, 0.1) is 11.8 Å². The van der Waals surface area contributed by atoms with Crippen LogP contribution in [-0.2, 0) is 0 Å². The van der Waals surface area contributed by atoms with Gasteiger partial charge in [-0.05, 0) is 48.9 Å². The van der Waals surface area contributed by atoms with E-state index in [4.69, 9.17) is 20.4 Å². The summed E-state index contributed by atoms with van der Waals surface area (Å²) >= 11 is 0. The molecule has 0 aromatic heterocycles. The molecule has 174 valence electrons. The molecule has 0 fully saturated rings. The first kappa shape index (κ1) is 30.3. The molecule has 1 aromatic rings. The molecule has 1 aromatic carbocycles. The Labute approximate surface area is 182 Å². The predicted molar refractivity (Wildman–Crippen MR) is 121 cm³/mol. The fourth-order valence-electron chi connectivity index (χ4n) is 2.44. The van der Waals surface area contributed by atoms with Gasteiger partial charge in [-0.25, -0.2) is 9.59 Å². The Morgan fingerprint density at radius 2 is 0.933 bits per heavy atom. The molecule has 0 aliphatic carbocycles. The van der Waals surface area contributed by atoms with Crippen molar-refractivity contribution < 1.29 is 30.0 Å². The molecule has 0 aliphatic heterocycles. The summed E-state index contributed by atoms with van der Waals surface area (Å²) in [7, 11) is 0. The highest BCUT2D eigenvalue weighted by atomic mass is 16.4. The van der Waals surface area contributed by atoms with Gasteiger partial charge < -0.3 is 20.4 Å². The second kappa shape index (κ2) is 20.4. The van der Waals surface area contributed by atoms with E-state index in [0.29, 0.717) is 13.2 Å². The van der Waals surface area contributed by atoms with Crippen molar-refractivity contribution in [3.05, 3.63) is 35.4 Å². The van der Waals surface area contributed by atoms with E-state index in [0.717, 1.165) is 24.7 Å². The molecule has 0 aliphatic rings. The van der Waals surface area contributed by atoms with Crippen LogP contribution in [0.25, 0.3) is 0 Å². The molecule has 6 nitrogen and oxygen atoms in total. The molecular weight excluding hydrogens is 384 g/mol. The molecule has 0 spiro atoms. The highest BCUT2D eigenvalue weighted by molar-refractivity contribution is 5.91. The normalized spacial score (nSPS) is 10.1. The van der Waals surface area contributed by atoms with Crippen molar-refractivity contribution in [2.24, 2.45) is 11.8 Å². The number of hydrogen-bond donors (Lipinski definition) is 4. The van der Waals surface area contributed by atoms with Crippen LogP contribution < -0.4 is 0 Å². The molecule has 0 radical (unpaired) electrons. The zero-order chi connectivity index (χ0) is 23.4. The van der Waals surface area contributed by atoms with E-state index in [9.17, 15) is 9.59 Å². The van der Waals surface area contributed by atoms with Gasteiger partial charge in [0, 0.05) is 13.2 Å². The number of benzene rings is 1. The van der Waals surface area contributed by atoms with E-state index in [1.165, 1.54) is 62.8 Å². The van der Waals surface area contributed by atoms with Gasteiger partial charge in [-0.15, -0.1) is 0 Å². The van der Waals surface area contributed by atoms with Crippen LogP contribution in [0.4, 0.5) is 0 Å². The zero-order valence-electron chi connectivity index (χ0n) is 19.1. The van der Waals surface area contributed by atoms with Crippen LogP contribution in [0.15, 0.2) is 24.3 Å². The van der Waals surface area contributed by atoms with Gasteiger partial charge in [0.05, 0.1) is 11.1 Å². The highest BCUT2D eigenvalue weighted by Gasteiger charge is 2.04. The van der Waals surface area contributed by atoms with Crippen molar-refractivity contribution in [2.75, 3.05) is 13.2 Å². The standard InChI is InChI=1S/C8H6O4.2C8H18O/c9-7(10)5-1-2-6(4-3-5)8(11)12;2*1-8(2)6-4-3-5-7-9/h1-4H,(H,9,10)(H,11,12);2*8-9H,3-7H2,1-2H3. The molecule has 4 N–H and O–H groups in total. The Hall–Kier alpha value is -1.92. The lowest BCUT2D eigenvalue weighted by Crippen LogP contribution is -1.99.